The lowest BCUT2D eigenvalue weighted by Crippen LogP contribution is -2.26. The van der Waals surface area contributed by atoms with Gasteiger partial charge >= 0.3 is 10.8 Å². The highest BCUT2D eigenvalue weighted by molar-refractivity contribution is 7.16. The summed E-state index contributed by atoms with van der Waals surface area (Å²) in [5, 5.41) is 12.5. The van der Waals surface area contributed by atoms with Gasteiger partial charge in [0, 0.05) is 13.0 Å². The highest BCUT2D eigenvalue weighted by Gasteiger charge is 2.18. The molecule has 0 bridgehead atoms. The zero-order chi connectivity index (χ0) is 25.5. The maximum atomic E-state index is 12.6. The number of thiazole rings is 1. The van der Waals surface area contributed by atoms with E-state index in [1.54, 1.807) is 23.6 Å². The molecular formula is C27H26N2O6S. The van der Waals surface area contributed by atoms with Crippen molar-refractivity contribution in [1.82, 2.24) is 4.57 Å². The molecule has 0 aliphatic heterocycles. The lowest BCUT2D eigenvalue weighted by atomic mass is 9.99. The molecule has 4 aromatic rings. The van der Waals surface area contributed by atoms with E-state index in [-0.39, 0.29) is 17.9 Å². The quantitative estimate of drug-likeness (QED) is 0.270. The van der Waals surface area contributed by atoms with Crippen LogP contribution in [0.1, 0.15) is 29.7 Å². The summed E-state index contributed by atoms with van der Waals surface area (Å²) in [6.07, 6.45) is -0.613. The van der Waals surface area contributed by atoms with Crippen LogP contribution >= 0.6 is 11.3 Å². The molecule has 1 aromatic heterocycles. The third kappa shape index (κ3) is 5.87. The molecule has 3 aromatic carbocycles. The van der Waals surface area contributed by atoms with Gasteiger partial charge in [-0.3, -0.25) is 9.36 Å². The lowest BCUT2D eigenvalue weighted by molar-refractivity contribution is -0.149. The van der Waals surface area contributed by atoms with Crippen molar-refractivity contribution in [2.75, 3.05) is 13.2 Å². The number of carbonyl (C=O) groups is 1. The second-order valence-electron chi connectivity index (χ2n) is 8.14. The molecule has 2 atom stereocenters. The Bertz CT molecular complexity index is 1380. The third-order valence-electron chi connectivity index (χ3n) is 5.80. The van der Waals surface area contributed by atoms with Gasteiger partial charge in [-0.15, -0.1) is 4.91 Å². The average molecular weight is 507 g/mol. The van der Waals surface area contributed by atoms with Gasteiger partial charge in [-0.2, -0.15) is 0 Å². The van der Waals surface area contributed by atoms with Crippen molar-refractivity contribution in [2.45, 2.75) is 32.0 Å². The molecule has 1 heterocycles. The average Bonchev–Trinajstić information content (AvgIpc) is 3.20. The Morgan fingerprint density at radius 3 is 2.47 bits per heavy atom. The van der Waals surface area contributed by atoms with E-state index < -0.39 is 18.1 Å². The van der Waals surface area contributed by atoms with Gasteiger partial charge in [-0.1, -0.05) is 65.0 Å². The van der Waals surface area contributed by atoms with Gasteiger partial charge in [0.1, 0.15) is 18.4 Å². The molecule has 0 aliphatic carbocycles. The van der Waals surface area contributed by atoms with Crippen LogP contribution in [0.25, 0.3) is 10.2 Å². The first-order chi connectivity index (χ1) is 17.5. The molecule has 9 heteroatoms. The van der Waals surface area contributed by atoms with Crippen molar-refractivity contribution < 1.29 is 19.4 Å². The van der Waals surface area contributed by atoms with Gasteiger partial charge in [-0.05, 0) is 47.9 Å². The fraction of sp³-hybridized carbons (Fsp3) is 0.259. The fourth-order valence-electron chi connectivity index (χ4n) is 4.02. The van der Waals surface area contributed by atoms with Crippen LogP contribution in [-0.4, -0.2) is 35.0 Å². The summed E-state index contributed by atoms with van der Waals surface area (Å²) in [5.41, 5.74) is 3.15. The predicted molar refractivity (Wildman–Crippen MR) is 139 cm³/mol. The molecule has 0 saturated heterocycles. The number of ether oxygens (including phenoxy) is 2. The summed E-state index contributed by atoms with van der Waals surface area (Å²) in [6, 6.07) is 21.4. The molecule has 2 unspecified atom stereocenters. The number of hydrogen-bond donors (Lipinski definition) is 1. The number of nitrogens with zero attached hydrogens (tertiary/aromatic N) is 2. The standard InChI is InChI=1S/C27H26N2O6S/c1-2-34-23(26(30)31)16-18-8-11-21(12-9-18)35-15-14-29-22-13-10-20(17-24(22)36-27(29)32)25(28-33)19-6-4-3-5-7-19/h3-13,17,23,25H,2,14-16H2,1H3,(H,30,31). The first-order valence-corrected chi connectivity index (χ1v) is 12.4. The van der Waals surface area contributed by atoms with Crippen molar-refractivity contribution in [2.24, 2.45) is 5.18 Å². The highest BCUT2D eigenvalue weighted by atomic mass is 32.1. The number of rotatable bonds is 12. The van der Waals surface area contributed by atoms with Crippen molar-refractivity contribution in [3.05, 3.63) is 104 Å². The van der Waals surface area contributed by atoms with Gasteiger partial charge in [0.15, 0.2) is 6.10 Å². The van der Waals surface area contributed by atoms with Crippen LogP contribution in [0.5, 0.6) is 5.75 Å². The molecule has 0 fully saturated rings. The summed E-state index contributed by atoms with van der Waals surface area (Å²) >= 11 is 1.12. The Morgan fingerprint density at radius 1 is 1.06 bits per heavy atom. The van der Waals surface area contributed by atoms with Gasteiger partial charge in [-0.25, -0.2) is 4.79 Å². The van der Waals surface area contributed by atoms with Gasteiger partial charge < -0.3 is 14.6 Å². The van der Waals surface area contributed by atoms with E-state index in [4.69, 9.17) is 9.47 Å². The van der Waals surface area contributed by atoms with Crippen LogP contribution in [-0.2, 0) is 22.5 Å². The summed E-state index contributed by atoms with van der Waals surface area (Å²) in [4.78, 5) is 35.4. The SMILES string of the molecule is CCOC(Cc1ccc(OCCn2c(=O)sc3cc(C(N=O)c4ccccc4)ccc32)cc1)C(=O)O. The summed E-state index contributed by atoms with van der Waals surface area (Å²) in [7, 11) is 0. The van der Waals surface area contributed by atoms with E-state index in [0.717, 1.165) is 38.2 Å². The smallest absolute Gasteiger partial charge is 0.333 e. The van der Waals surface area contributed by atoms with E-state index in [1.807, 2.05) is 60.7 Å². The second-order valence-corrected chi connectivity index (χ2v) is 9.14. The maximum absolute atomic E-state index is 12.6. The van der Waals surface area contributed by atoms with Crippen molar-refractivity contribution in [3.8, 4) is 5.75 Å². The monoisotopic (exact) mass is 506 g/mol. The summed E-state index contributed by atoms with van der Waals surface area (Å²) in [6.45, 7) is 2.74. The normalized spacial score (nSPS) is 12.8. The highest BCUT2D eigenvalue weighted by Crippen LogP contribution is 2.29. The summed E-state index contributed by atoms with van der Waals surface area (Å²) in [5.74, 6) is -0.365. The Kier molecular flexibility index (Phi) is 8.24. The molecule has 36 heavy (non-hydrogen) atoms. The van der Waals surface area contributed by atoms with E-state index in [0.29, 0.717) is 18.9 Å². The third-order valence-corrected chi connectivity index (χ3v) is 6.74. The fourth-order valence-corrected chi connectivity index (χ4v) is 4.99. The molecule has 0 amide bonds. The van der Waals surface area contributed by atoms with E-state index in [2.05, 4.69) is 5.18 Å². The Hall–Kier alpha value is -3.82. The van der Waals surface area contributed by atoms with E-state index >= 15 is 0 Å². The van der Waals surface area contributed by atoms with Gasteiger partial charge in [0.2, 0.25) is 0 Å². The molecule has 8 nitrogen and oxygen atoms in total. The number of carboxylic acids is 1. The topological polar surface area (TPSA) is 107 Å². The van der Waals surface area contributed by atoms with Crippen LogP contribution in [0, 0.1) is 4.91 Å². The number of aliphatic carboxylic acids is 1. The van der Waals surface area contributed by atoms with Crippen LogP contribution in [0.4, 0.5) is 0 Å². The van der Waals surface area contributed by atoms with Crippen LogP contribution in [0.15, 0.2) is 82.8 Å². The van der Waals surface area contributed by atoms with Crippen LogP contribution in [0.2, 0.25) is 0 Å². The van der Waals surface area contributed by atoms with Crippen molar-refractivity contribution in [1.29, 1.82) is 0 Å². The predicted octanol–water partition coefficient (Wildman–Crippen LogP) is 5.03. The molecule has 186 valence electrons. The minimum Gasteiger partial charge on any atom is -0.492 e. The zero-order valence-electron chi connectivity index (χ0n) is 19.7. The van der Waals surface area contributed by atoms with Crippen molar-refractivity contribution in [3.63, 3.8) is 0 Å². The Balaban J connectivity index is 1.41. The van der Waals surface area contributed by atoms with Crippen LogP contribution in [0.3, 0.4) is 0 Å². The first-order valence-electron chi connectivity index (χ1n) is 11.6. The Labute approximate surface area is 211 Å². The van der Waals surface area contributed by atoms with E-state index in [9.17, 15) is 19.6 Å². The first kappa shape index (κ1) is 25.3. The maximum Gasteiger partial charge on any atom is 0.333 e. The number of carboxylic acid groups (broad SMARTS) is 1. The molecular weight excluding hydrogens is 480 g/mol. The minimum atomic E-state index is -0.990. The number of nitroso groups, excluding NO2 is 1. The number of hydrogen-bond acceptors (Lipinski definition) is 7. The van der Waals surface area contributed by atoms with Crippen LogP contribution < -0.4 is 9.61 Å². The van der Waals surface area contributed by atoms with E-state index in [1.165, 1.54) is 0 Å². The molecule has 0 saturated carbocycles. The molecule has 0 spiro atoms. The Morgan fingerprint density at radius 2 is 1.81 bits per heavy atom. The summed E-state index contributed by atoms with van der Waals surface area (Å²) < 4.78 is 13.5. The largest absolute Gasteiger partial charge is 0.492 e. The zero-order valence-corrected chi connectivity index (χ0v) is 20.5. The second kappa shape index (κ2) is 11.7. The molecule has 1 N–H and O–H groups in total. The van der Waals surface area contributed by atoms with Gasteiger partial charge in [0.25, 0.3) is 0 Å². The number of fused-ring (bicyclic) bond motifs is 1. The minimum absolute atomic E-state index is 0.105. The lowest BCUT2D eigenvalue weighted by Gasteiger charge is -2.13. The van der Waals surface area contributed by atoms with Gasteiger partial charge in [0.05, 0.1) is 16.8 Å². The molecule has 0 radical (unpaired) electrons. The van der Waals surface area contributed by atoms with Crippen molar-refractivity contribution >= 4 is 27.5 Å². The molecule has 4 rings (SSSR count). The number of aromatic nitrogens is 1. The number of benzene rings is 3. The molecule has 0 aliphatic rings.